The molecule has 0 bridgehead atoms. The van der Waals surface area contributed by atoms with Crippen LogP contribution >= 0.6 is 0 Å². The van der Waals surface area contributed by atoms with Gasteiger partial charge in [0.25, 0.3) is 0 Å². The zero-order valence-corrected chi connectivity index (χ0v) is 15.1. The van der Waals surface area contributed by atoms with Gasteiger partial charge in [-0.1, -0.05) is 52.4 Å². The molecule has 1 heteroatoms. The van der Waals surface area contributed by atoms with E-state index in [0.29, 0.717) is 17.1 Å². The maximum atomic E-state index is 12.1. The maximum Gasteiger partial charge on any atom is 0.133 e. The topological polar surface area (TPSA) is 17.1 Å². The average molecular weight is 305 g/mol. The largest absolute Gasteiger partial charge is 0.300 e. The van der Waals surface area contributed by atoms with Crippen LogP contribution in [-0.2, 0) is 4.79 Å². The lowest BCUT2D eigenvalue weighted by molar-refractivity contribution is -0.126. The summed E-state index contributed by atoms with van der Waals surface area (Å²) >= 11 is 0. The van der Waals surface area contributed by atoms with Gasteiger partial charge in [0.2, 0.25) is 0 Å². The highest BCUT2D eigenvalue weighted by Crippen LogP contribution is 2.60. The van der Waals surface area contributed by atoms with Gasteiger partial charge in [0.1, 0.15) is 5.78 Å². The van der Waals surface area contributed by atoms with Crippen LogP contribution in [-0.4, -0.2) is 5.78 Å². The number of hydrogen-bond acceptors (Lipinski definition) is 1. The normalized spacial score (nSPS) is 46.6. The highest BCUT2D eigenvalue weighted by Gasteiger charge is 2.54. The molecule has 0 radical (unpaired) electrons. The van der Waals surface area contributed by atoms with Crippen LogP contribution in [0.4, 0.5) is 0 Å². The number of rotatable bonds is 1. The van der Waals surface area contributed by atoms with Crippen molar-refractivity contribution in [1.29, 1.82) is 0 Å². The minimum absolute atomic E-state index is 0.334. The molecule has 0 aromatic heterocycles. The summed E-state index contributed by atoms with van der Waals surface area (Å²) in [5, 5.41) is 0. The van der Waals surface area contributed by atoms with E-state index in [4.69, 9.17) is 0 Å². The fraction of sp³-hybridized carbons (Fsp3) is 0.952. The Labute approximate surface area is 137 Å². The predicted octanol–water partition coefficient (Wildman–Crippen LogP) is 6.01. The Hall–Kier alpha value is -0.330. The van der Waals surface area contributed by atoms with Crippen molar-refractivity contribution in [3.8, 4) is 0 Å². The number of carbonyl (C=O) groups is 1. The molecule has 3 saturated carbocycles. The molecule has 6 atom stereocenters. The van der Waals surface area contributed by atoms with Gasteiger partial charge in [0.15, 0.2) is 0 Å². The quantitative estimate of drug-likeness (QED) is 0.579. The van der Waals surface area contributed by atoms with Crippen LogP contribution in [0.15, 0.2) is 0 Å². The maximum absolute atomic E-state index is 12.1. The number of carbonyl (C=O) groups excluding carboxylic acids is 1. The number of fused-ring (bicyclic) bond motifs is 3. The molecule has 1 nitrogen and oxygen atoms in total. The third-order valence-corrected chi connectivity index (χ3v) is 7.84. The molecule has 22 heavy (non-hydrogen) atoms. The van der Waals surface area contributed by atoms with Crippen molar-refractivity contribution in [1.82, 2.24) is 0 Å². The van der Waals surface area contributed by atoms with Gasteiger partial charge in [-0.2, -0.15) is 0 Å². The first-order valence-electron chi connectivity index (χ1n) is 10.0. The third-order valence-electron chi connectivity index (χ3n) is 7.84. The minimum Gasteiger partial charge on any atom is -0.300 e. The number of Topliss-reactive ketones (excluding diaryl/α,β-unsaturated/α-hetero) is 1. The monoisotopic (exact) mass is 304 g/mol. The highest BCUT2D eigenvalue weighted by atomic mass is 16.1. The van der Waals surface area contributed by atoms with E-state index in [1.807, 2.05) is 6.92 Å². The van der Waals surface area contributed by atoms with Gasteiger partial charge < -0.3 is 0 Å². The lowest BCUT2D eigenvalue weighted by atomic mass is 9.55. The van der Waals surface area contributed by atoms with Crippen LogP contribution in [0.5, 0.6) is 0 Å². The Morgan fingerprint density at radius 1 is 0.909 bits per heavy atom. The van der Waals surface area contributed by atoms with Crippen molar-refractivity contribution >= 4 is 5.78 Å². The van der Waals surface area contributed by atoms with E-state index < -0.39 is 0 Å². The van der Waals surface area contributed by atoms with Gasteiger partial charge in [0, 0.05) is 5.92 Å². The van der Waals surface area contributed by atoms with Crippen LogP contribution in [0.3, 0.4) is 0 Å². The van der Waals surface area contributed by atoms with Crippen molar-refractivity contribution < 1.29 is 4.79 Å². The molecule has 3 aliphatic carbocycles. The van der Waals surface area contributed by atoms with Crippen LogP contribution in [0, 0.1) is 35.0 Å². The second-order valence-electron chi connectivity index (χ2n) is 9.14. The standard InChI is InChI=1S/C21H36O/c1-15-7-5-4-6-8-17-13-14-21(3)19(16(2)22)11-12-20(21)18(17)10-9-15/h15,17-20H,4-14H2,1-3H3. The molecule has 6 unspecified atom stereocenters. The molecule has 0 aliphatic heterocycles. The first-order valence-corrected chi connectivity index (χ1v) is 10.0. The van der Waals surface area contributed by atoms with E-state index in [0.717, 1.165) is 23.7 Å². The first-order chi connectivity index (χ1) is 10.5. The van der Waals surface area contributed by atoms with Gasteiger partial charge in [0.05, 0.1) is 0 Å². The smallest absolute Gasteiger partial charge is 0.133 e. The molecule has 3 fully saturated rings. The molecule has 3 rings (SSSR count). The fourth-order valence-corrected chi connectivity index (χ4v) is 6.53. The molecule has 0 heterocycles. The van der Waals surface area contributed by atoms with E-state index in [1.165, 1.54) is 70.6 Å². The highest BCUT2D eigenvalue weighted by molar-refractivity contribution is 5.79. The molecule has 0 N–H and O–H groups in total. The number of ketones is 1. The second kappa shape index (κ2) is 6.65. The molecule has 0 aromatic carbocycles. The summed E-state index contributed by atoms with van der Waals surface area (Å²) in [4.78, 5) is 12.1. The zero-order chi connectivity index (χ0) is 15.7. The van der Waals surface area contributed by atoms with Crippen molar-refractivity contribution in [2.45, 2.75) is 91.4 Å². The Kier molecular flexibility index (Phi) is 5.00. The van der Waals surface area contributed by atoms with E-state index >= 15 is 0 Å². The molecule has 0 aromatic rings. The summed E-state index contributed by atoms with van der Waals surface area (Å²) in [5.41, 5.74) is 0.334. The lowest BCUT2D eigenvalue weighted by Gasteiger charge is -2.49. The van der Waals surface area contributed by atoms with E-state index in [9.17, 15) is 4.79 Å². The van der Waals surface area contributed by atoms with Crippen molar-refractivity contribution in [2.24, 2.45) is 35.0 Å². The summed E-state index contributed by atoms with van der Waals surface area (Å²) < 4.78 is 0. The first kappa shape index (κ1) is 16.5. The second-order valence-corrected chi connectivity index (χ2v) is 9.14. The van der Waals surface area contributed by atoms with E-state index in [1.54, 1.807) is 0 Å². The zero-order valence-electron chi connectivity index (χ0n) is 15.1. The van der Waals surface area contributed by atoms with Crippen LogP contribution < -0.4 is 0 Å². The molecule has 0 amide bonds. The molecule has 0 saturated heterocycles. The minimum atomic E-state index is 0.334. The summed E-state index contributed by atoms with van der Waals surface area (Å²) in [7, 11) is 0. The van der Waals surface area contributed by atoms with Gasteiger partial charge in [-0.25, -0.2) is 0 Å². The van der Waals surface area contributed by atoms with Gasteiger partial charge in [-0.05, 0) is 68.1 Å². The Bertz CT molecular complexity index is 401. The molecular formula is C21H36O. The Morgan fingerprint density at radius 3 is 2.45 bits per heavy atom. The summed E-state index contributed by atoms with van der Waals surface area (Å²) in [6.07, 6.45) is 15.4. The van der Waals surface area contributed by atoms with Crippen molar-refractivity contribution in [3.05, 3.63) is 0 Å². The van der Waals surface area contributed by atoms with Gasteiger partial charge >= 0.3 is 0 Å². The van der Waals surface area contributed by atoms with Crippen LogP contribution in [0.25, 0.3) is 0 Å². The van der Waals surface area contributed by atoms with E-state index in [2.05, 4.69) is 13.8 Å². The molecule has 126 valence electrons. The Morgan fingerprint density at radius 2 is 1.68 bits per heavy atom. The summed E-state index contributed by atoms with van der Waals surface area (Å²) in [6.45, 7) is 6.78. The third kappa shape index (κ3) is 3.02. The van der Waals surface area contributed by atoms with Crippen LogP contribution in [0.2, 0.25) is 0 Å². The van der Waals surface area contributed by atoms with Gasteiger partial charge in [-0.3, -0.25) is 4.79 Å². The summed E-state index contributed by atoms with van der Waals surface area (Å²) in [6, 6.07) is 0. The fourth-order valence-electron chi connectivity index (χ4n) is 6.53. The predicted molar refractivity (Wildman–Crippen MR) is 92.7 cm³/mol. The summed E-state index contributed by atoms with van der Waals surface area (Å²) in [5.74, 6) is 4.48. The Balaban J connectivity index is 1.78. The van der Waals surface area contributed by atoms with Crippen molar-refractivity contribution in [2.75, 3.05) is 0 Å². The van der Waals surface area contributed by atoms with Gasteiger partial charge in [-0.15, -0.1) is 0 Å². The average Bonchev–Trinajstić information content (AvgIpc) is 2.83. The van der Waals surface area contributed by atoms with Crippen molar-refractivity contribution in [3.63, 3.8) is 0 Å². The number of hydrogen-bond donors (Lipinski definition) is 0. The van der Waals surface area contributed by atoms with E-state index in [-0.39, 0.29) is 0 Å². The molecular weight excluding hydrogens is 268 g/mol. The molecule has 3 aliphatic rings. The SMILES string of the molecule is CC(=O)C1CCC2C3CCC(C)CCCCCC3CCC12C. The van der Waals surface area contributed by atoms with Crippen LogP contribution in [0.1, 0.15) is 91.4 Å². The lowest BCUT2D eigenvalue weighted by Crippen LogP contribution is -2.43. The molecule has 0 spiro atoms.